The van der Waals surface area contributed by atoms with Crippen LogP contribution in [-0.2, 0) is 19.7 Å². The molecular formula is C21H35N3O4. The second-order valence-corrected chi connectivity index (χ2v) is 9.40. The highest BCUT2D eigenvalue weighted by Gasteiger charge is 2.36. The highest BCUT2D eigenvalue weighted by atomic mass is 16.7. The van der Waals surface area contributed by atoms with E-state index in [1.165, 1.54) is 12.8 Å². The van der Waals surface area contributed by atoms with Crippen LogP contribution in [0.2, 0.25) is 0 Å². The van der Waals surface area contributed by atoms with Gasteiger partial charge < -0.3 is 14.0 Å². The number of carbonyl (C=O) groups excluding carboxylic acids is 1. The summed E-state index contributed by atoms with van der Waals surface area (Å²) in [7, 11) is 2.00. The molecule has 1 unspecified atom stereocenters. The van der Waals surface area contributed by atoms with Gasteiger partial charge in [-0.05, 0) is 58.9 Å². The quantitative estimate of drug-likeness (QED) is 0.691. The van der Waals surface area contributed by atoms with Crippen molar-refractivity contribution in [3.8, 4) is 0 Å². The van der Waals surface area contributed by atoms with Crippen LogP contribution < -0.4 is 5.32 Å². The molecule has 2 aliphatic rings. The Hall–Kier alpha value is -1.44. The van der Waals surface area contributed by atoms with Gasteiger partial charge in [-0.25, -0.2) is 0 Å². The molecule has 158 valence electrons. The number of likely N-dealkylation sites (N-methyl/N-ethyl adjacent to an activating group) is 1. The van der Waals surface area contributed by atoms with Crippen LogP contribution in [-0.4, -0.2) is 54.6 Å². The minimum atomic E-state index is -0.619. The SMILES string of the molecule is CN(CC1CC1)C(C)(C)C(=O)Nc1cc(C(C)(C)COC2CCCCO2)no1. The standard InChI is InChI=1S/C21H35N3O4/c1-20(2,14-27-18-8-6-7-11-26-18)16-12-17(28-23-16)22-19(25)21(3,4)24(5)13-15-9-10-15/h12,15,18H,6-11,13-14H2,1-5H3,(H,22,25). The van der Waals surface area contributed by atoms with Crippen molar-refractivity contribution in [2.24, 2.45) is 5.92 Å². The van der Waals surface area contributed by atoms with Gasteiger partial charge >= 0.3 is 0 Å². The first-order valence-corrected chi connectivity index (χ1v) is 10.4. The zero-order valence-electron chi connectivity index (χ0n) is 17.9. The van der Waals surface area contributed by atoms with E-state index in [2.05, 4.69) is 15.4 Å². The molecule has 1 aromatic rings. The second kappa shape index (κ2) is 8.51. The molecule has 1 amide bonds. The summed E-state index contributed by atoms with van der Waals surface area (Å²) in [4.78, 5) is 14.9. The third-order valence-corrected chi connectivity index (χ3v) is 5.95. The van der Waals surface area contributed by atoms with Crippen LogP contribution in [0.1, 0.15) is 65.5 Å². The van der Waals surface area contributed by atoms with E-state index in [-0.39, 0.29) is 17.6 Å². The molecule has 1 N–H and O–H groups in total. The van der Waals surface area contributed by atoms with Crippen molar-refractivity contribution >= 4 is 11.8 Å². The molecule has 0 aromatic carbocycles. The minimum absolute atomic E-state index is 0.0944. The molecular weight excluding hydrogens is 358 g/mol. The van der Waals surface area contributed by atoms with Crippen LogP contribution in [0.25, 0.3) is 0 Å². The van der Waals surface area contributed by atoms with E-state index in [0.717, 1.165) is 44.0 Å². The summed E-state index contributed by atoms with van der Waals surface area (Å²) in [5, 5.41) is 7.05. The molecule has 2 heterocycles. The molecule has 7 nitrogen and oxygen atoms in total. The molecule has 1 saturated heterocycles. The van der Waals surface area contributed by atoms with Crippen LogP contribution >= 0.6 is 0 Å². The Labute approximate surface area is 168 Å². The highest BCUT2D eigenvalue weighted by Crippen LogP contribution is 2.32. The van der Waals surface area contributed by atoms with E-state index in [1.807, 2.05) is 34.7 Å². The molecule has 1 aromatic heterocycles. The zero-order chi connectivity index (χ0) is 20.4. The maximum absolute atomic E-state index is 12.8. The molecule has 7 heteroatoms. The summed E-state index contributed by atoms with van der Waals surface area (Å²) in [6.07, 6.45) is 5.55. The molecule has 1 atom stereocenters. The summed E-state index contributed by atoms with van der Waals surface area (Å²) in [6, 6.07) is 1.79. The molecule has 28 heavy (non-hydrogen) atoms. The van der Waals surface area contributed by atoms with Crippen LogP contribution in [0.15, 0.2) is 10.6 Å². The van der Waals surface area contributed by atoms with Gasteiger partial charge in [0, 0.05) is 24.6 Å². The lowest BCUT2D eigenvalue weighted by molar-refractivity contribution is -0.170. The van der Waals surface area contributed by atoms with E-state index < -0.39 is 5.54 Å². The smallest absolute Gasteiger partial charge is 0.246 e. The molecule has 1 aliphatic heterocycles. The first-order valence-electron chi connectivity index (χ1n) is 10.4. The number of ether oxygens (including phenoxy) is 2. The van der Waals surface area contributed by atoms with Crippen LogP contribution in [0.4, 0.5) is 5.88 Å². The number of anilines is 1. The van der Waals surface area contributed by atoms with Crippen molar-refractivity contribution < 1.29 is 18.8 Å². The lowest BCUT2D eigenvalue weighted by Crippen LogP contribution is -2.51. The first-order chi connectivity index (χ1) is 13.2. The van der Waals surface area contributed by atoms with Crippen molar-refractivity contribution in [1.82, 2.24) is 10.1 Å². The van der Waals surface area contributed by atoms with E-state index in [0.29, 0.717) is 12.5 Å². The maximum Gasteiger partial charge on any atom is 0.246 e. The summed E-state index contributed by atoms with van der Waals surface area (Å²) < 4.78 is 16.9. The normalized spacial score (nSPS) is 21.1. The predicted molar refractivity (Wildman–Crippen MR) is 107 cm³/mol. The van der Waals surface area contributed by atoms with Crippen LogP contribution in [0, 0.1) is 5.92 Å². The molecule has 3 rings (SSSR count). The van der Waals surface area contributed by atoms with Crippen molar-refractivity contribution in [2.45, 2.75) is 77.0 Å². The number of hydrogen-bond acceptors (Lipinski definition) is 6. The van der Waals surface area contributed by atoms with Gasteiger partial charge in [-0.2, -0.15) is 0 Å². The number of hydrogen-bond donors (Lipinski definition) is 1. The maximum atomic E-state index is 12.8. The summed E-state index contributed by atoms with van der Waals surface area (Å²) >= 11 is 0. The third kappa shape index (κ3) is 5.33. The summed E-state index contributed by atoms with van der Waals surface area (Å²) in [5.41, 5.74) is -0.208. The van der Waals surface area contributed by atoms with Gasteiger partial charge in [-0.3, -0.25) is 15.0 Å². The number of amides is 1. The van der Waals surface area contributed by atoms with Crippen LogP contribution in [0.3, 0.4) is 0 Å². The Balaban J connectivity index is 1.55. The van der Waals surface area contributed by atoms with Crippen molar-refractivity contribution in [2.75, 3.05) is 32.1 Å². The Kier molecular flexibility index (Phi) is 6.47. The van der Waals surface area contributed by atoms with Crippen LogP contribution in [0.5, 0.6) is 0 Å². The number of rotatable bonds is 9. The lowest BCUT2D eigenvalue weighted by Gasteiger charge is -2.33. The van der Waals surface area contributed by atoms with E-state index in [4.69, 9.17) is 14.0 Å². The molecule has 1 saturated carbocycles. The van der Waals surface area contributed by atoms with Gasteiger partial charge in [0.05, 0.1) is 17.8 Å². The Bertz CT molecular complexity index is 660. The Morgan fingerprint density at radius 2 is 2.04 bits per heavy atom. The van der Waals surface area contributed by atoms with E-state index >= 15 is 0 Å². The Morgan fingerprint density at radius 3 is 2.68 bits per heavy atom. The summed E-state index contributed by atoms with van der Waals surface area (Å²) in [5.74, 6) is 1.00. The molecule has 0 radical (unpaired) electrons. The largest absolute Gasteiger partial charge is 0.353 e. The second-order valence-electron chi connectivity index (χ2n) is 9.40. The Morgan fingerprint density at radius 1 is 1.29 bits per heavy atom. The average Bonchev–Trinajstić information content (AvgIpc) is 3.35. The third-order valence-electron chi connectivity index (χ3n) is 5.95. The number of carbonyl (C=O) groups is 1. The first kappa shape index (κ1) is 21.3. The summed E-state index contributed by atoms with van der Waals surface area (Å²) in [6.45, 7) is 10.1. The number of nitrogens with zero attached hydrogens (tertiary/aromatic N) is 2. The van der Waals surface area contributed by atoms with Gasteiger partial charge in [-0.1, -0.05) is 19.0 Å². The fourth-order valence-electron chi connectivity index (χ4n) is 3.23. The molecule has 1 aliphatic carbocycles. The van der Waals surface area contributed by atoms with Gasteiger partial charge in [0.2, 0.25) is 11.8 Å². The molecule has 2 fully saturated rings. The van der Waals surface area contributed by atoms with Gasteiger partial charge in [0.15, 0.2) is 6.29 Å². The van der Waals surface area contributed by atoms with E-state index in [1.54, 1.807) is 6.07 Å². The predicted octanol–water partition coefficient (Wildman–Crippen LogP) is 3.55. The molecule has 0 bridgehead atoms. The highest BCUT2D eigenvalue weighted by molar-refractivity contribution is 5.96. The van der Waals surface area contributed by atoms with Gasteiger partial charge in [0.25, 0.3) is 0 Å². The minimum Gasteiger partial charge on any atom is -0.353 e. The monoisotopic (exact) mass is 393 g/mol. The van der Waals surface area contributed by atoms with Gasteiger partial charge in [0.1, 0.15) is 0 Å². The van der Waals surface area contributed by atoms with Crippen molar-refractivity contribution in [1.29, 1.82) is 0 Å². The van der Waals surface area contributed by atoms with E-state index in [9.17, 15) is 4.79 Å². The fourth-order valence-corrected chi connectivity index (χ4v) is 3.23. The van der Waals surface area contributed by atoms with Crippen molar-refractivity contribution in [3.05, 3.63) is 11.8 Å². The number of aromatic nitrogens is 1. The lowest BCUT2D eigenvalue weighted by atomic mass is 9.90. The fraction of sp³-hybridized carbons (Fsp3) is 0.810. The molecule has 0 spiro atoms. The topological polar surface area (TPSA) is 76.8 Å². The van der Waals surface area contributed by atoms with Crippen molar-refractivity contribution in [3.63, 3.8) is 0 Å². The zero-order valence-corrected chi connectivity index (χ0v) is 17.9. The van der Waals surface area contributed by atoms with Gasteiger partial charge in [-0.15, -0.1) is 0 Å². The average molecular weight is 394 g/mol. The number of nitrogens with one attached hydrogen (secondary N) is 1.